The molecule has 0 saturated heterocycles. The molecule has 0 saturated carbocycles. The second-order valence-corrected chi connectivity index (χ2v) is 7.89. The number of hydrogen-bond acceptors (Lipinski definition) is 5. The predicted octanol–water partition coefficient (Wildman–Crippen LogP) is 4.45. The number of guanidine groups is 1. The number of aryl methyl sites for hydroxylation is 1. The third-order valence-electron chi connectivity index (χ3n) is 4.03. The van der Waals surface area contributed by atoms with Crippen molar-refractivity contribution < 1.29 is 14.2 Å². The lowest BCUT2D eigenvalue weighted by atomic mass is 10.3. The lowest BCUT2D eigenvalue weighted by Crippen LogP contribution is -2.32. The van der Waals surface area contributed by atoms with Gasteiger partial charge in [-0.05, 0) is 68.5 Å². The van der Waals surface area contributed by atoms with E-state index in [1.54, 1.807) is 18.4 Å². The molecule has 0 atom stereocenters. The Morgan fingerprint density at radius 2 is 1.90 bits per heavy atom. The maximum absolute atomic E-state index is 5.71. The zero-order valence-electron chi connectivity index (χ0n) is 17.9. The van der Waals surface area contributed by atoms with Crippen molar-refractivity contribution in [2.75, 3.05) is 38.8 Å². The molecule has 0 bridgehead atoms. The molecule has 0 fully saturated rings. The van der Waals surface area contributed by atoms with E-state index < -0.39 is 0 Å². The molecular weight excluding hydrogens is 386 g/mol. The van der Waals surface area contributed by atoms with Crippen LogP contribution in [-0.2, 0) is 16.0 Å². The van der Waals surface area contributed by atoms with E-state index in [4.69, 9.17) is 19.2 Å². The highest BCUT2D eigenvalue weighted by Crippen LogP contribution is 2.18. The Morgan fingerprint density at radius 1 is 1.10 bits per heavy atom. The summed E-state index contributed by atoms with van der Waals surface area (Å²) in [6.45, 7) is 9.52. The molecule has 0 aliphatic heterocycles. The first-order chi connectivity index (χ1) is 14.1. The maximum Gasteiger partial charge on any atom is 0.196 e. The van der Waals surface area contributed by atoms with Crippen molar-refractivity contribution in [3.63, 3.8) is 0 Å². The maximum atomic E-state index is 5.71. The highest BCUT2D eigenvalue weighted by atomic mass is 32.1. The Kier molecular flexibility index (Phi) is 10.5. The molecule has 2 rings (SSSR count). The van der Waals surface area contributed by atoms with E-state index in [1.807, 2.05) is 38.1 Å². The van der Waals surface area contributed by atoms with Gasteiger partial charge in [-0.2, -0.15) is 0 Å². The minimum absolute atomic E-state index is 0.160. The van der Waals surface area contributed by atoms with Crippen molar-refractivity contribution in [3.8, 4) is 5.75 Å². The molecular formula is C22H33N3O3S. The van der Waals surface area contributed by atoms with Gasteiger partial charge in [0.15, 0.2) is 5.96 Å². The Hall–Kier alpha value is -2.09. The van der Waals surface area contributed by atoms with Crippen molar-refractivity contribution in [1.29, 1.82) is 0 Å². The fraction of sp³-hybridized carbons (Fsp3) is 0.500. The fourth-order valence-corrected chi connectivity index (χ4v) is 3.34. The Labute approximate surface area is 178 Å². The fourth-order valence-electron chi connectivity index (χ4n) is 2.51. The first-order valence-corrected chi connectivity index (χ1v) is 10.9. The smallest absolute Gasteiger partial charge is 0.196 e. The second kappa shape index (κ2) is 13.2. The number of nitrogens with one attached hydrogen (secondary N) is 2. The van der Waals surface area contributed by atoms with Crippen LogP contribution >= 0.6 is 11.3 Å². The lowest BCUT2D eigenvalue weighted by Gasteiger charge is -2.14. The summed E-state index contributed by atoms with van der Waals surface area (Å²) in [5.74, 6) is 1.62. The second-order valence-electron chi connectivity index (χ2n) is 6.89. The molecule has 7 heteroatoms. The van der Waals surface area contributed by atoms with Gasteiger partial charge in [0.2, 0.25) is 0 Å². The van der Waals surface area contributed by atoms with Crippen LogP contribution < -0.4 is 15.4 Å². The van der Waals surface area contributed by atoms with Gasteiger partial charge in [0.25, 0.3) is 0 Å². The molecule has 1 aromatic heterocycles. The lowest BCUT2D eigenvalue weighted by molar-refractivity contribution is 0.0699. The average molecular weight is 420 g/mol. The molecule has 0 radical (unpaired) electrons. The van der Waals surface area contributed by atoms with Crippen LogP contribution in [0.1, 0.15) is 30.7 Å². The van der Waals surface area contributed by atoms with Gasteiger partial charge in [-0.1, -0.05) is 0 Å². The van der Waals surface area contributed by atoms with Gasteiger partial charge in [0.1, 0.15) is 5.75 Å². The number of nitrogens with zero attached hydrogens (tertiary/aromatic N) is 1. The van der Waals surface area contributed by atoms with Gasteiger partial charge in [0.05, 0.1) is 25.9 Å². The van der Waals surface area contributed by atoms with Gasteiger partial charge >= 0.3 is 0 Å². The summed E-state index contributed by atoms with van der Waals surface area (Å²) in [5.41, 5.74) is 2.24. The molecule has 29 heavy (non-hydrogen) atoms. The summed E-state index contributed by atoms with van der Waals surface area (Å²) in [5, 5.41) is 8.87. The minimum atomic E-state index is 0.160. The number of hydrogen-bond donors (Lipinski definition) is 2. The van der Waals surface area contributed by atoms with Gasteiger partial charge in [-0.15, -0.1) is 11.3 Å². The first-order valence-electron chi connectivity index (χ1n) is 10.00. The number of thiophene rings is 1. The van der Waals surface area contributed by atoms with Crippen LogP contribution in [0.2, 0.25) is 0 Å². The number of ether oxygens (including phenoxy) is 3. The predicted molar refractivity (Wildman–Crippen MR) is 121 cm³/mol. The van der Waals surface area contributed by atoms with E-state index in [-0.39, 0.29) is 6.10 Å². The standard InChI is InChI=1S/C22H33N3O3S/c1-17(2)28-20-8-6-19(7-9-20)25-22(23-11-5-12-27-14-13-26-4)24-16-21-18(3)10-15-29-21/h6-10,15,17H,5,11-14,16H2,1-4H3,(H2,23,24,25). The highest BCUT2D eigenvalue weighted by molar-refractivity contribution is 7.10. The van der Waals surface area contributed by atoms with Gasteiger partial charge in [-0.3, -0.25) is 0 Å². The topological polar surface area (TPSA) is 64.1 Å². The molecule has 0 unspecified atom stereocenters. The van der Waals surface area contributed by atoms with Crippen LogP contribution in [0.5, 0.6) is 5.75 Å². The largest absolute Gasteiger partial charge is 0.491 e. The van der Waals surface area contributed by atoms with E-state index in [2.05, 4.69) is 29.0 Å². The zero-order valence-corrected chi connectivity index (χ0v) is 18.7. The molecule has 1 aromatic carbocycles. The van der Waals surface area contributed by atoms with E-state index in [0.29, 0.717) is 26.4 Å². The van der Waals surface area contributed by atoms with Crippen LogP contribution in [0, 0.1) is 6.92 Å². The minimum Gasteiger partial charge on any atom is -0.491 e. The number of aliphatic imine (C=N–C) groups is 1. The molecule has 0 spiro atoms. The molecule has 6 nitrogen and oxygen atoms in total. The normalized spacial score (nSPS) is 11.7. The molecule has 0 aliphatic rings. The third kappa shape index (κ3) is 9.30. The summed E-state index contributed by atoms with van der Waals surface area (Å²) in [6.07, 6.45) is 1.05. The van der Waals surface area contributed by atoms with E-state index >= 15 is 0 Å². The van der Waals surface area contributed by atoms with Gasteiger partial charge in [-0.25, -0.2) is 4.99 Å². The number of anilines is 1. The third-order valence-corrected chi connectivity index (χ3v) is 5.04. The Morgan fingerprint density at radius 3 is 2.55 bits per heavy atom. The van der Waals surface area contributed by atoms with Crippen molar-refractivity contribution >= 4 is 23.0 Å². The number of methoxy groups -OCH3 is 1. The summed E-state index contributed by atoms with van der Waals surface area (Å²) in [4.78, 5) is 6.03. The number of rotatable bonds is 12. The SMILES string of the molecule is COCCOCCCNC(=NCc1sccc1C)Nc1ccc(OC(C)C)cc1. The highest BCUT2D eigenvalue weighted by Gasteiger charge is 2.04. The quantitative estimate of drug-likeness (QED) is 0.302. The van der Waals surface area contributed by atoms with Crippen molar-refractivity contribution in [3.05, 3.63) is 46.2 Å². The van der Waals surface area contributed by atoms with Crippen LogP contribution in [0.4, 0.5) is 5.69 Å². The summed E-state index contributed by atoms with van der Waals surface area (Å²) in [7, 11) is 1.68. The Balaban J connectivity index is 1.91. The van der Waals surface area contributed by atoms with Crippen molar-refractivity contribution in [2.45, 2.75) is 39.8 Å². The van der Waals surface area contributed by atoms with Crippen LogP contribution in [0.15, 0.2) is 40.7 Å². The monoisotopic (exact) mass is 419 g/mol. The van der Waals surface area contributed by atoms with Crippen molar-refractivity contribution in [2.24, 2.45) is 4.99 Å². The Bertz CT molecular complexity index is 729. The molecule has 160 valence electrons. The summed E-state index contributed by atoms with van der Waals surface area (Å²) in [6, 6.07) is 10.1. The number of benzene rings is 1. The van der Waals surface area contributed by atoms with Gasteiger partial charge in [0, 0.05) is 30.8 Å². The van der Waals surface area contributed by atoms with E-state index in [9.17, 15) is 0 Å². The van der Waals surface area contributed by atoms with E-state index in [1.165, 1.54) is 10.4 Å². The van der Waals surface area contributed by atoms with E-state index in [0.717, 1.165) is 30.4 Å². The zero-order chi connectivity index (χ0) is 20.9. The van der Waals surface area contributed by atoms with Gasteiger partial charge < -0.3 is 24.8 Å². The summed E-state index contributed by atoms with van der Waals surface area (Å²) >= 11 is 1.73. The van der Waals surface area contributed by atoms with Crippen LogP contribution in [0.25, 0.3) is 0 Å². The molecule has 2 N–H and O–H groups in total. The summed E-state index contributed by atoms with van der Waals surface area (Å²) < 4.78 is 16.2. The molecule has 1 heterocycles. The van der Waals surface area contributed by atoms with Crippen LogP contribution in [-0.4, -0.2) is 45.5 Å². The van der Waals surface area contributed by atoms with Crippen molar-refractivity contribution in [1.82, 2.24) is 5.32 Å². The molecule has 0 amide bonds. The molecule has 0 aliphatic carbocycles. The molecule has 2 aromatic rings. The van der Waals surface area contributed by atoms with Crippen LogP contribution in [0.3, 0.4) is 0 Å². The first kappa shape index (κ1) is 23.2. The average Bonchev–Trinajstić information content (AvgIpc) is 3.11.